The van der Waals surface area contributed by atoms with Gasteiger partial charge in [-0.15, -0.1) is 0 Å². The minimum absolute atomic E-state index is 0.0396. The number of hydrogen-bond acceptors (Lipinski definition) is 5. The Morgan fingerprint density at radius 1 is 1.26 bits per heavy atom. The molecular formula is C16H20BrF2NO5SSi. The van der Waals surface area contributed by atoms with E-state index in [0.717, 1.165) is 12.1 Å². The fourth-order valence-electron chi connectivity index (χ4n) is 2.15. The van der Waals surface area contributed by atoms with Gasteiger partial charge in [0.15, 0.2) is 17.4 Å². The van der Waals surface area contributed by atoms with Gasteiger partial charge in [0.25, 0.3) is 5.88 Å². The topological polar surface area (TPSA) is 88.8 Å². The van der Waals surface area contributed by atoms with Crippen LogP contribution in [-0.4, -0.2) is 32.9 Å². The van der Waals surface area contributed by atoms with Crippen molar-refractivity contribution in [3.63, 3.8) is 0 Å². The lowest BCUT2D eigenvalue weighted by atomic mass is 10.1. The van der Waals surface area contributed by atoms with E-state index in [0.29, 0.717) is 11.8 Å². The Morgan fingerprint density at radius 2 is 1.93 bits per heavy atom. The van der Waals surface area contributed by atoms with E-state index >= 15 is 0 Å². The molecule has 0 fully saturated rings. The summed E-state index contributed by atoms with van der Waals surface area (Å²) >= 11 is 3.16. The second kappa shape index (κ2) is 8.19. The Labute approximate surface area is 165 Å². The van der Waals surface area contributed by atoms with Crippen LogP contribution in [0.15, 0.2) is 22.6 Å². The van der Waals surface area contributed by atoms with Gasteiger partial charge in [-0.2, -0.15) is 0 Å². The zero-order chi connectivity index (χ0) is 20.4. The van der Waals surface area contributed by atoms with E-state index in [4.69, 9.17) is 8.84 Å². The number of halogens is 3. The third kappa shape index (κ3) is 5.69. The maximum Gasteiger partial charge on any atom is 0.252 e. The number of sulfonamides is 1. The van der Waals surface area contributed by atoms with E-state index in [1.54, 1.807) is 0 Å². The summed E-state index contributed by atoms with van der Waals surface area (Å²) in [6.07, 6.45) is 0.363. The van der Waals surface area contributed by atoms with Crippen LogP contribution in [0.2, 0.25) is 19.6 Å². The Balaban J connectivity index is 2.52. The molecule has 0 aliphatic rings. The first-order valence-electron chi connectivity index (χ1n) is 8.00. The Morgan fingerprint density at radius 3 is 2.48 bits per heavy atom. The van der Waals surface area contributed by atoms with Crippen molar-refractivity contribution in [1.29, 1.82) is 0 Å². The van der Waals surface area contributed by atoms with E-state index in [1.165, 1.54) is 6.07 Å². The van der Waals surface area contributed by atoms with Crippen LogP contribution >= 0.6 is 15.9 Å². The first kappa shape index (κ1) is 21.7. The van der Waals surface area contributed by atoms with Crippen molar-refractivity contribution in [1.82, 2.24) is 0 Å². The summed E-state index contributed by atoms with van der Waals surface area (Å²) in [7, 11) is -6.02. The van der Waals surface area contributed by atoms with Gasteiger partial charge in [-0.25, -0.2) is 21.9 Å². The lowest BCUT2D eigenvalue weighted by molar-refractivity contribution is 0.440. The Bertz CT molecular complexity index is 928. The molecule has 0 atom stereocenters. The average molecular weight is 484 g/mol. The van der Waals surface area contributed by atoms with Crippen LogP contribution in [0.4, 0.5) is 14.7 Å². The van der Waals surface area contributed by atoms with Gasteiger partial charge in [0.05, 0.1) is 5.75 Å². The van der Waals surface area contributed by atoms with E-state index in [9.17, 15) is 22.3 Å². The molecule has 0 aliphatic carbocycles. The molecule has 0 radical (unpaired) electrons. The van der Waals surface area contributed by atoms with Gasteiger partial charge in [0.1, 0.15) is 0 Å². The molecule has 2 rings (SSSR count). The summed E-state index contributed by atoms with van der Waals surface area (Å²) in [5.74, 6) is -3.54. The second-order valence-corrected chi connectivity index (χ2v) is 13.8. The maximum atomic E-state index is 13.5. The third-order valence-corrected chi connectivity index (χ3v) is 5.93. The van der Waals surface area contributed by atoms with E-state index in [-0.39, 0.29) is 28.7 Å². The molecule has 11 heteroatoms. The standard InChI is InChI=1S/C16H20BrF2NO5SSi/c1-27(2,3)25-15-13(21)14(10-5-6-11(18)12(19)9-10)24-16(15)20-26(22,23)8-4-7-17/h5-6,9,20-21H,4,7-8H2,1-3H3. The van der Waals surface area contributed by atoms with Gasteiger partial charge in [-0.3, -0.25) is 0 Å². The molecule has 0 aliphatic heterocycles. The molecule has 0 spiro atoms. The molecule has 0 amide bonds. The van der Waals surface area contributed by atoms with Gasteiger partial charge in [0.2, 0.25) is 29.8 Å². The summed E-state index contributed by atoms with van der Waals surface area (Å²) in [6.45, 7) is 5.50. The molecule has 27 heavy (non-hydrogen) atoms. The molecule has 0 saturated heterocycles. The molecule has 1 aromatic carbocycles. The predicted octanol–water partition coefficient (Wildman–Crippen LogP) is 4.67. The second-order valence-electron chi connectivity index (χ2n) is 6.74. The van der Waals surface area contributed by atoms with Gasteiger partial charge in [0, 0.05) is 10.9 Å². The van der Waals surface area contributed by atoms with Gasteiger partial charge >= 0.3 is 0 Å². The molecule has 6 nitrogen and oxygen atoms in total. The SMILES string of the molecule is C[Si](C)(C)Oc1c(NS(=O)(=O)CCCBr)oc(-c2ccc(F)c(F)c2)c1O. The fourth-order valence-corrected chi connectivity index (χ4v) is 4.64. The van der Waals surface area contributed by atoms with Crippen LogP contribution in [0.5, 0.6) is 11.5 Å². The summed E-state index contributed by atoms with van der Waals surface area (Å²) in [6, 6.07) is 2.93. The minimum atomic E-state index is -3.76. The van der Waals surface area contributed by atoms with Gasteiger partial charge in [-0.05, 0) is 44.3 Å². The van der Waals surface area contributed by atoms with Crippen molar-refractivity contribution in [2.24, 2.45) is 0 Å². The number of alkyl halides is 1. The first-order chi connectivity index (χ1) is 12.4. The molecule has 1 heterocycles. The molecule has 2 N–H and O–H groups in total. The zero-order valence-electron chi connectivity index (χ0n) is 15.0. The number of benzene rings is 1. The molecule has 0 saturated carbocycles. The highest BCUT2D eigenvalue weighted by Gasteiger charge is 2.30. The maximum absolute atomic E-state index is 13.5. The third-order valence-electron chi connectivity index (χ3n) is 3.23. The number of nitrogens with one attached hydrogen (secondary N) is 1. The highest BCUT2D eigenvalue weighted by atomic mass is 79.9. The van der Waals surface area contributed by atoms with E-state index in [1.807, 2.05) is 19.6 Å². The van der Waals surface area contributed by atoms with Crippen LogP contribution in [0.1, 0.15) is 6.42 Å². The van der Waals surface area contributed by atoms with Crippen LogP contribution < -0.4 is 9.15 Å². The van der Waals surface area contributed by atoms with Crippen molar-refractivity contribution >= 4 is 40.2 Å². The highest BCUT2D eigenvalue weighted by Crippen LogP contribution is 2.47. The van der Waals surface area contributed by atoms with Crippen LogP contribution in [0.3, 0.4) is 0 Å². The van der Waals surface area contributed by atoms with Gasteiger partial charge < -0.3 is 13.9 Å². The quantitative estimate of drug-likeness (QED) is 0.420. The molecule has 2 aromatic rings. The molecular weight excluding hydrogens is 464 g/mol. The number of aromatic hydroxyl groups is 1. The van der Waals surface area contributed by atoms with Crippen molar-refractivity contribution < 1.29 is 31.1 Å². The largest absolute Gasteiger partial charge is 0.538 e. The van der Waals surface area contributed by atoms with Crippen LogP contribution in [0.25, 0.3) is 11.3 Å². The molecule has 1 aromatic heterocycles. The molecule has 0 unspecified atom stereocenters. The highest BCUT2D eigenvalue weighted by molar-refractivity contribution is 9.09. The number of rotatable bonds is 8. The lowest BCUT2D eigenvalue weighted by Gasteiger charge is -2.19. The van der Waals surface area contributed by atoms with Gasteiger partial charge in [-0.1, -0.05) is 15.9 Å². The average Bonchev–Trinajstić information content (AvgIpc) is 2.83. The number of furan rings is 1. The number of hydrogen-bond donors (Lipinski definition) is 2. The molecule has 150 valence electrons. The zero-order valence-corrected chi connectivity index (χ0v) is 18.4. The minimum Gasteiger partial charge on any atom is -0.538 e. The van der Waals surface area contributed by atoms with Crippen molar-refractivity contribution in [3.05, 3.63) is 29.8 Å². The lowest BCUT2D eigenvalue weighted by Crippen LogP contribution is -2.29. The van der Waals surface area contributed by atoms with Crippen molar-refractivity contribution in [3.8, 4) is 22.8 Å². The summed E-state index contributed by atoms with van der Waals surface area (Å²) in [4.78, 5) is 0. The van der Waals surface area contributed by atoms with Crippen molar-refractivity contribution in [2.45, 2.75) is 26.1 Å². The van der Waals surface area contributed by atoms with E-state index < -0.39 is 35.7 Å². The summed E-state index contributed by atoms with van der Waals surface area (Å²) in [5, 5.41) is 11.0. The fraction of sp³-hybridized carbons (Fsp3) is 0.375. The molecule has 0 bridgehead atoms. The monoisotopic (exact) mass is 483 g/mol. The first-order valence-corrected chi connectivity index (χ1v) is 14.2. The van der Waals surface area contributed by atoms with Crippen LogP contribution in [-0.2, 0) is 10.0 Å². The van der Waals surface area contributed by atoms with E-state index in [2.05, 4.69) is 20.7 Å². The predicted molar refractivity (Wildman–Crippen MR) is 106 cm³/mol. The smallest absolute Gasteiger partial charge is 0.252 e. The summed E-state index contributed by atoms with van der Waals surface area (Å²) in [5.41, 5.74) is 0.0396. The van der Waals surface area contributed by atoms with Crippen molar-refractivity contribution in [2.75, 3.05) is 15.8 Å². The Hall–Kier alpha value is -1.59. The normalized spacial score (nSPS) is 12.2. The number of anilines is 1. The Kier molecular flexibility index (Phi) is 6.58. The summed E-state index contributed by atoms with van der Waals surface area (Å²) < 4.78 is 64.6. The van der Waals surface area contributed by atoms with Crippen LogP contribution in [0, 0.1) is 11.6 Å².